The molecule has 0 fully saturated rings. The lowest BCUT2D eigenvalue weighted by Crippen LogP contribution is -2.27. The summed E-state index contributed by atoms with van der Waals surface area (Å²) in [5.74, 6) is -1.21. The number of rotatable bonds is 10. The maximum atomic E-state index is 11.3. The predicted octanol–water partition coefficient (Wildman–Crippen LogP) is 0.0892. The Morgan fingerprint density at radius 3 is 2.12 bits per heavy atom. The lowest BCUT2D eigenvalue weighted by atomic mass is 10.1. The van der Waals surface area contributed by atoms with Crippen molar-refractivity contribution in [1.82, 2.24) is 5.32 Å². The molecule has 3 N–H and O–H groups in total. The second-order valence-electron chi connectivity index (χ2n) is 3.75. The summed E-state index contributed by atoms with van der Waals surface area (Å²) in [7, 11) is 0. The van der Waals surface area contributed by atoms with Gasteiger partial charge in [-0.3, -0.25) is 14.4 Å². The van der Waals surface area contributed by atoms with Crippen LogP contribution in [0.2, 0.25) is 0 Å². The van der Waals surface area contributed by atoms with Gasteiger partial charge in [-0.1, -0.05) is 0 Å². The number of hydrogen-bond acceptors (Lipinski definition) is 4. The van der Waals surface area contributed by atoms with Crippen LogP contribution in [0.3, 0.4) is 0 Å². The minimum Gasteiger partial charge on any atom is -0.481 e. The maximum Gasteiger partial charge on any atom is 0.303 e. The Kier molecular flexibility index (Phi) is 8.95. The Labute approximate surface area is 100 Å². The van der Waals surface area contributed by atoms with Gasteiger partial charge in [0, 0.05) is 25.8 Å². The summed E-state index contributed by atoms with van der Waals surface area (Å²) in [5.41, 5.74) is 0. The van der Waals surface area contributed by atoms with Crippen LogP contribution in [-0.2, 0) is 14.4 Å². The zero-order chi connectivity index (χ0) is 13.1. The number of ketones is 1. The molecule has 0 heterocycles. The van der Waals surface area contributed by atoms with Gasteiger partial charge in [-0.2, -0.15) is 0 Å². The number of Topliss-reactive ketones (excluding diaryl/α,β-unsaturated/α-hetero) is 1. The lowest BCUT2D eigenvalue weighted by Gasteiger charge is -2.02. The standard InChI is InChI=1S/C11H19NO5/c13-8-10(15)12-7-3-5-9(14)4-1-2-6-11(16)17/h13H,1-8H2,(H,12,15)(H,16,17). The van der Waals surface area contributed by atoms with E-state index >= 15 is 0 Å². The van der Waals surface area contributed by atoms with Crippen LogP contribution < -0.4 is 5.32 Å². The number of hydrogen-bond donors (Lipinski definition) is 3. The molecule has 0 bridgehead atoms. The maximum absolute atomic E-state index is 11.3. The Morgan fingerprint density at radius 1 is 0.941 bits per heavy atom. The van der Waals surface area contributed by atoms with Crippen molar-refractivity contribution in [2.24, 2.45) is 0 Å². The summed E-state index contributed by atoms with van der Waals surface area (Å²) < 4.78 is 0. The van der Waals surface area contributed by atoms with Gasteiger partial charge in [0.1, 0.15) is 12.4 Å². The van der Waals surface area contributed by atoms with Crippen LogP contribution in [-0.4, -0.2) is 41.0 Å². The number of carbonyl (C=O) groups excluding carboxylic acids is 2. The first-order valence-electron chi connectivity index (χ1n) is 5.67. The van der Waals surface area contributed by atoms with Crippen LogP contribution in [0.5, 0.6) is 0 Å². The van der Waals surface area contributed by atoms with Gasteiger partial charge in [-0.15, -0.1) is 0 Å². The number of aliphatic carboxylic acids is 1. The number of amides is 1. The highest BCUT2D eigenvalue weighted by Gasteiger charge is 2.04. The molecular weight excluding hydrogens is 226 g/mol. The molecule has 17 heavy (non-hydrogen) atoms. The molecular formula is C11H19NO5. The minimum atomic E-state index is -0.843. The molecule has 6 heteroatoms. The average Bonchev–Trinajstić information content (AvgIpc) is 2.29. The van der Waals surface area contributed by atoms with Gasteiger partial charge in [0.25, 0.3) is 0 Å². The van der Waals surface area contributed by atoms with Crippen LogP contribution in [0.4, 0.5) is 0 Å². The normalized spacial score (nSPS) is 9.94. The van der Waals surface area contributed by atoms with Crippen molar-refractivity contribution < 1.29 is 24.6 Å². The smallest absolute Gasteiger partial charge is 0.303 e. The zero-order valence-electron chi connectivity index (χ0n) is 9.78. The number of carboxylic acids is 1. The third kappa shape index (κ3) is 10.8. The van der Waals surface area contributed by atoms with Crippen molar-refractivity contribution in [3.8, 4) is 0 Å². The largest absolute Gasteiger partial charge is 0.481 e. The van der Waals surface area contributed by atoms with Crippen molar-refractivity contribution in [1.29, 1.82) is 0 Å². The fourth-order valence-corrected chi connectivity index (χ4v) is 1.29. The molecule has 0 spiro atoms. The van der Waals surface area contributed by atoms with E-state index in [1.54, 1.807) is 0 Å². The molecule has 0 unspecified atom stereocenters. The fourth-order valence-electron chi connectivity index (χ4n) is 1.29. The highest BCUT2D eigenvalue weighted by Crippen LogP contribution is 2.03. The van der Waals surface area contributed by atoms with Crippen LogP contribution in [0.1, 0.15) is 38.5 Å². The first-order valence-corrected chi connectivity index (χ1v) is 5.67. The summed E-state index contributed by atoms with van der Waals surface area (Å²) in [4.78, 5) is 32.1. The van der Waals surface area contributed by atoms with Crippen LogP contribution in [0.25, 0.3) is 0 Å². The van der Waals surface area contributed by atoms with E-state index in [1.807, 2.05) is 0 Å². The Balaban J connectivity index is 3.35. The van der Waals surface area contributed by atoms with Crippen LogP contribution >= 0.6 is 0 Å². The third-order valence-corrected chi connectivity index (χ3v) is 2.19. The summed E-state index contributed by atoms with van der Waals surface area (Å²) in [5, 5.41) is 19.2. The van der Waals surface area contributed by atoms with E-state index < -0.39 is 18.5 Å². The SMILES string of the molecule is O=C(O)CCCCC(=O)CCCNC(=O)CO. The van der Waals surface area contributed by atoms with Gasteiger partial charge >= 0.3 is 5.97 Å². The Bertz CT molecular complexity index is 265. The topological polar surface area (TPSA) is 104 Å². The van der Waals surface area contributed by atoms with Crippen LogP contribution in [0, 0.1) is 0 Å². The summed E-state index contributed by atoms with van der Waals surface area (Å²) in [6.07, 6.45) is 2.51. The quantitative estimate of drug-likeness (QED) is 0.473. The highest BCUT2D eigenvalue weighted by molar-refractivity contribution is 5.79. The van der Waals surface area contributed by atoms with E-state index in [4.69, 9.17) is 10.2 Å². The number of carboxylic acid groups (broad SMARTS) is 1. The second kappa shape index (κ2) is 9.77. The van der Waals surface area contributed by atoms with E-state index in [0.29, 0.717) is 38.6 Å². The molecule has 0 radical (unpaired) electrons. The van der Waals surface area contributed by atoms with Crippen molar-refractivity contribution in [2.75, 3.05) is 13.2 Å². The molecule has 98 valence electrons. The van der Waals surface area contributed by atoms with Crippen molar-refractivity contribution in [3.63, 3.8) is 0 Å². The molecule has 0 atom stereocenters. The molecule has 6 nitrogen and oxygen atoms in total. The minimum absolute atomic E-state index is 0.0774. The molecule has 0 aromatic carbocycles. The predicted molar refractivity (Wildman–Crippen MR) is 60.4 cm³/mol. The van der Waals surface area contributed by atoms with E-state index in [-0.39, 0.29) is 12.2 Å². The van der Waals surface area contributed by atoms with Gasteiger partial charge in [0.15, 0.2) is 0 Å². The molecule has 0 aromatic heterocycles. The summed E-state index contributed by atoms with van der Waals surface area (Å²) in [6, 6.07) is 0. The summed E-state index contributed by atoms with van der Waals surface area (Å²) >= 11 is 0. The number of unbranched alkanes of at least 4 members (excludes halogenated alkanes) is 1. The van der Waals surface area contributed by atoms with Crippen LogP contribution in [0.15, 0.2) is 0 Å². The summed E-state index contributed by atoms with van der Waals surface area (Å²) in [6.45, 7) is -0.163. The first kappa shape index (κ1) is 15.6. The monoisotopic (exact) mass is 245 g/mol. The van der Waals surface area contributed by atoms with Crippen molar-refractivity contribution >= 4 is 17.7 Å². The molecule has 0 aliphatic heterocycles. The van der Waals surface area contributed by atoms with Gasteiger partial charge < -0.3 is 15.5 Å². The molecule has 0 aliphatic carbocycles. The van der Waals surface area contributed by atoms with E-state index in [0.717, 1.165) is 0 Å². The van der Waals surface area contributed by atoms with Crippen molar-refractivity contribution in [2.45, 2.75) is 38.5 Å². The Hall–Kier alpha value is -1.43. The molecule has 1 amide bonds. The van der Waals surface area contributed by atoms with Gasteiger partial charge in [0.05, 0.1) is 0 Å². The van der Waals surface area contributed by atoms with Gasteiger partial charge in [0.2, 0.25) is 5.91 Å². The molecule has 0 aliphatic rings. The number of carbonyl (C=O) groups is 3. The fraction of sp³-hybridized carbons (Fsp3) is 0.727. The average molecular weight is 245 g/mol. The zero-order valence-corrected chi connectivity index (χ0v) is 9.78. The van der Waals surface area contributed by atoms with Crippen molar-refractivity contribution in [3.05, 3.63) is 0 Å². The highest BCUT2D eigenvalue weighted by atomic mass is 16.4. The number of aliphatic hydroxyl groups excluding tert-OH is 1. The molecule has 0 saturated heterocycles. The Morgan fingerprint density at radius 2 is 1.53 bits per heavy atom. The number of nitrogens with one attached hydrogen (secondary N) is 1. The second-order valence-corrected chi connectivity index (χ2v) is 3.75. The molecule has 0 rings (SSSR count). The van der Waals surface area contributed by atoms with E-state index in [2.05, 4.69) is 5.32 Å². The van der Waals surface area contributed by atoms with E-state index in [9.17, 15) is 14.4 Å². The number of aliphatic hydroxyl groups is 1. The van der Waals surface area contributed by atoms with Gasteiger partial charge in [-0.05, 0) is 19.3 Å². The van der Waals surface area contributed by atoms with E-state index in [1.165, 1.54) is 0 Å². The van der Waals surface area contributed by atoms with Gasteiger partial charge in [-0.25, -0.2) is 0 Å². The first-order chi connectivity index (χ1) is 8.06. The lowest BCUT2D eigenvalue weighted by molar-refractivity contribution is -0.137. The third-order valence-electron chi connectivity index (χ3n) is 2.19. The molecule has 0 saturated carbocycles. The molecule has 0 aromatic rings.